The highest BCUT2D eigenvalue weighted by molar-refractivity contribution is 6.22. The lowest BCUT2D eigenvalue weighted by atomic mass is 10.1. The fraction of sp³-hybridized carbons (Fsp3) is 0.385. The number of rotatable bonds is 6. The molecule has 4 aliphatic rings. The van der Waals surface area contributed by atoms with Crippen molar-refractivity contribution in [2.45, 2.75) is 37.9 Å². The molecule has 0 radical (unpaired) electrons. The van der Waals surface area contributed by atoms with Crippen LogP contribution in [0.1, 0.15) is 67.1 Å². The quantitative estimate of drug-likeness (QED) is 0.591. The Hall–Kier alpha value is -3.56. The average molecular weight is 476 g/mol. The van der Waals surface area contributed by atoms with Gasteiger partial charge in [-0.25, -0.2) is 0 Å². The van der Waals surface area contributed by atoms with E-state index < -0.39 is 0 Å². The molecule has 4 amide bonds. The van der Waals surface area contributed by atoms with Crippen molar-refractivity contribution in [1.82, 2.24) is 9.80 Å². The molecule has 0 aromatic heterocycles. The molecule has 9 nitrogen and oxygen atoms in total. The van der Waals surface area contributed by atoms with Crippen LogP contribution in [-0.2, 0) is 9.47 Å². The number of hydrogen-bond acceptors (Lipinski definition) is 7. The monoisotopic (exact) mass is 476 g/mol. The molecule has 2 saturated heterocycles. The van der Waals surface area contributed by atoms with E-state index >= 15 is 0 Å². The van der Waals surface area contributed by atoms with Gasteiger partial charge in [0.05, 0.1) is 47.6 Å². The molecule has 35 heavy (non-hydrogen) atoms. The topological polar surface area (TPSA) is 102 Å². The number of amides is 4. The Morgan fingerprint density at radius 3 is 1.49 bits per heavy atom. The minimum absolute atomic E-state index is 0.126. The van der Waals surface area contributed by atoms with E-state index in [4.69, 9.17) is 14.2 Å². The summed E-state index contributed by atoms with van der Waals surface area (Å²) in [5.41, 5.74) is 1.22. The summed E-state index contributed by atoms with van der Waals surface area (Å²) in [6.07, 6.45) is 3.25. The number of imide groups is 2. The lowest BCUT2D eigenvalue weighted by Gasteiger charge is -2.17. The first kappa shape index (κ1) is 21.9. The van der Waals surface area contributed by atoms with Crippen molar-refractivity contribution < 1.29 is 33.4 Å². The molecule has 0 spiro atoms. The van der Waals surface area contributed by atoms with Gasteiger partial charge in [-0.1, -0.05) is 0 Å². The molecule has 2 aromatic carbocycles. The van der Waals surface area contributed by atoms with E-state index in [9.17, 15) is 19.2 Å². The van der Waals surface area contributed by atoms with E-state index in [0.717, 1.165) is 25.7 Å². The standard InChI is InChI=1S/C26H24N2O7/c29-23-19-7-5-15(11-21(19)25(31)27(23)13-17-3-1-9-33-17)35-16-6-8-20-22(12-16)26(32)28(24(20)30)14-18-4-2-10-34-18/h5-8,11-12,17-18H,1-4,9-10,13-14H2/t17-,18-/m0/s1. The van der Waals surface area contributed by atoms with Crippen LogP contribution in [0.15, 0.2) is 36.4 Å². The van der Waals surface area contributed by atoms with Crippen LogP contribution < -0.4 is 4.74 Å². The molecule has 0 saturated carbocycles. The molecule has 180 valence electrons. The highest BCUT2D eigenvalue weighted by Crippen LogP contribution is 2.33. The number of benzene rings is 2. The van der Waals surface area contributed by atoms with E-state index in [1.807, 2.05) is 0 Å². The van der Waals surface area contributed by atoms with Crippen LogP contribution in [0.5, 0.6) is 11.5 Å². The highest BCUT2D eigenvalue weighted by atomic mass is 16.5. The van der Waals surface area contributed by atoms with Crippen molar-refractivity contribution in [3.05, 3.63) is 58.7 Å². The average Bonchev–Trinajstić information content (AvgIpc) is 3.65. The Labute approximate surface area is 201 Å². The first-order valence-corrected chi connectivity index (χ1v) is 11.9. The Kier molecular flexibility index (Phi) is 5.38. The van der Waals surface area contributed by atoms with Crippen LogP contribution in [0.3, 0.4) is 0 Å². The fourth-order valence-electron chi connectivity index (χ4n) is 5.12. The zero-order valence-electron chi connectivity index (χ0n) is 19.0. The van der Waals surface area contributed by atoms with Gasteiger partial charge in [-0.05, 0) is 62.1 Å². The predicted octanol–water partition coefficient (Wildman–Crippen LogP) is 3.03. The largest absolute Gasteiger partial charge is 0.457 e. The van der Waals surface area contributed by atoms with Crippen LogP contribution in [0.25, 0.3) is 0 Å². The van der Waals surface area contributed by atoms with Gasteiger partial charge in [-0.15, -0.1) is 0 Å². The van der Waals surface area contributed by atoms with Crippen molar-refractivity contribution in [3.63, 3.8) is 0 Å². The van der Waals surface area contributed by atoms with E-state index in [1.54, 1.807) is 24.3 Å². The first-order chi connectivity index (χ1) is 17.0. The third kappa shape index (κ3) is 3.81. The highest BCUT2D eigenvalue weighted by Gasteiger charge is 2.39. The number of ether oxygens (including phenoxy) is 3. The summed E-state index contributed by atoms with van der Waals surface area (Å²) in [7, 11) is 0. The van der Waals surface area contributed by atoms with E-state index in [2.05, 4.69) is 0 Å². The lowest BCUT2D eigenvalue weighted by molar-refractivity contribution is 0.0468. The minimum atomic E-state index is -0.370. The van der Waals surface area contributed by atoms with Crippen molar-refractivity contribution in [2.75, 3.05) is 26.3 Å². The van der Waals surface area contributed by atoms with Gasteiger partial charge in [0.25, 0.3) is 23.6 Å². The van der Waals surface area contributed by atoms with Crippen LogP contribution >= 0.6 is 0 Å². The third-order valence-corrected chi connectivity index (χ3v) is 6.94. The van der Waals surface area contributed by atoms with Crippen molar-refractivity contribution in [1.29, 1.82) is 0 Å². The number of hydrogen-bond donors (Lipinski definition) is 0. The van der Waals surface area contributed by atoms with E-state index in [0.29, 0.717) is 35.8 Å². The maximum Gasteiger partial charge on any atom is 0.261 e. The summed E-state index contributed by atoms with van der Waals surface area (Å²) < 4.78 is 17.1. The molecule has 9 heteroatoms. The summed E-state index contributed by atoms with van der Waals surface area (Å²) in [5.74, 6) is -0.690. The summed E-state index contributed by atoms with van der Waals surface area (Å²) in [5, 5.41) is 0. The van der Waals surface area contributed by atoms with Gasteiger partial charge in [0.2, 0.25) is 0 Å². The number of carbonyl (C=O) groups excluding carboxylic acids is 4. The van der Waals surface area contributed by atoms with Crippen LogP contribution in [0.4, 0.5) is 0 Å². The molecule has 0 unspecified atom stereocenters. The van der Waals surface area contributed by atoms with Gasteiger partial charge in [0.15, 0.2) is 0 Å². The smallest absolute Gasteiger partial charge is 0.261 e. The molecule has 2 fully saturated rings. The molecule has 0 bridgehead atoms. The normalized spacial score (nSPS) is 23.4. The van der Waals surface area contributed by atoms with Gasteiger partial charge in [-0.2, -0.15) is 0 Å². The van der Waals surface area contributed by atoms with Gasteiger partial charge in [0, 0.05) is 13.2 Å². The second-order valence-corrected chi connectivity index (χ2v) is 9.23. The van der Waals surface area contributed by atoms with Crippen LogP contribution in [-0.4, -0.2) is 71.9 Å². The zero-order chi connectivity index (χ0) is 24.1. The molecule has 0 aliphatic carbocycles. The Morgan fingerprint density at radius 2 is 1.09 bits per heavy atom. The minimum Gasteiger partial charge on any atom is -0.457 e. The predicted molar refractivity (Wildman–Crippen MR) is 122 cm³/mol. The molecular weight excluding hydrogens is 452 g/mol. The Balaban J connectivity index is 1.19. The SMILES string of the molecule is O=C1c2ccc(Oc3ccc4c(c3)C(=O)N(C[C@@H]3CCCO3)C4=O)cc2C(=O)N1C[C@@H]1CCCO1. The van der Waals surface area contributed by atoms with Gasteiger partial charge in [-0.3, -0.25) is 29.0 Å². The number of fused-ring (bicyclic) bond motifs is 2. The van der Waals surface area contributed by atoms with Crippen molar-refractivity contribution in [3.8, 4) is 11.5 Å². The second-order valence-electron chi connectivity index (χ2n) is 9.23. The first-order valence-electron chi connectivity index (χ1n) is 11.9. The molecule has 2 aromatic rings. The molecule has 4 heterocycles. The fourth-order valence-corrected chi connectivity index (χ4v) is 5.12. The third-order valence-electron chi connectivity index (χ3n) is 6.94. The summed E-state index contributed by atoms with van der Waals surface area (Å²) in [4.78, 5) is 53.7. The van der Waals surface area contributed by atoms with Gasteiger partial charge >= 0.3 is 0 Å². The molecule has 0 N–H and O–H groups in total. The zero-order valence-corrected chi connectivity index (χ0v) is 19.0. The number of nitrogens with zero attached hydrogens (tertiary/aromatic N) is 2. The Morgan fingerprint density at radius 1 is 0.657 bits per heavy atom. The van der Waals surface area contributed by atoms with E-state index in [1.165, 1.54) is 21.9 Å². The number of carbonyl (C=O) groups is 4. The molecule has 2 atom stereocenters. The van der Waals surface area contributed by atoms with E-state index in [-0.39, 0.29) is 60.1 Å². The van der Waals surface area contributed by atoms with Crippen molar-refractivity contribution >= 4 is 23.6 Å². The molecule has 4 aliphatic heterocycles. The second kappa shape index (κ2) is 8.58. The van der Waals surface area contributed by atoms with Gasteiger partial charge in [0.1, 0.15) is 11.5 Å². The summed E-state index contributed by atoms with van der Waals surface area (Å²) in [6.45, 7) is 1.78. The lowest BCUT2D eigenvalue weighted by Crippen LogP contribution is -2.36. The van der Waals surface area contributed by atoms with Crippen molar-refractivity contribution in [2.24, 2.45) is 0 Å². The van der Waals surface area contributed by atoms with Crippen LogP contribution in [0.2, 0.25) is 0 Å². The van der Waals surface area contributed by atoms with Gasteiger partial charge < -0.3 is 14.2 Å². The maximum absolute atomic E-state index is 12.9. The summed E-state index contributed by atoms with van der Waals surface area (Å²) in [6, 6.07) is 9.45. The molecular formula is C26H24N2O7. The molecule has 6 rings (SSSR count). The Bertz CT molecular complexity index is 1150. The summed E-state index contributed by atoms with van der Waals surface area (Å²) >= 11 is 0. The maximum atomic E-state index is 12.9. The van der Waals surface area contributed by atoms with Crippen LogP contribution in [0, 0.1) is 0 Å².